The minimum Gasteiger partial charge on any atom is -0.476 e. The molecule has 0 saturated carbocycles. The molecular formula is C16H18N2O4S. The van der Waals surface area contributed by atoms with Crippen LogP contribution in [0.5, 0.6) is 0 Å². The Morgan fingerprint density at radius 2 is 1.91 bits per heavy atom. The first-order chi connectivity index (χ1) is 10.7. The molecule has 1 amide bonds. The lowest BCUT2D eigenvalue weighted by Crippen LogP contribution is -2.32. The van der Waals surface area contributed by atoms with Crippen LogP contribution >= 0.6 is 11.3 Å². The Labute approximate surface area is 138 Å². The molecule has 0 aliphatic carbocycles. The zero-order chi connectivity index (χ0) is 17.0. The number of alkyl carbamates (subject to hydrolysis) is 1. The third-order valence-corrected chi connectivity index (χ3v) is 3.65. The summed E-state index contributed by atoms with van der Waals surface area (Å²) in [5, 5.41) is 13.7. The molecule has 0 bridgehead atoms. The number of amides is 1. The van der Waals surface area contributed by atoms with E-state index in [0.29, 0.717) is 11.6 Å². The number of carbonyl (C=O) groups is 2. The fourth-order valence-electron chi connectivity index (χ4n) is 1.76. The van der Waals surface area contributed by atoms with E-state index in [0.717, 1.165) is 11.1 Å². The number of carboxylic acids is 1. The highest BCUT2D eigenvalue weighted by molar-refractivity contribution is 7.13. The van der Waals surface area contributed by atoms with E-state index >= 15 is 0 Å². The molecule has 1 heterocycles. The largest absolute Gasteiger partial charge is 0.476 e. The fraction of sp³-hybridized carbons (Fsp3) is 0.312. The molecule has 0 spiro atoms. The smallest absolute Gasteiger partial charge is 0.407 e. The van der Waals surface area contributed by atoms with Gasteiger partial charge >= 0.3 is 12.1 Å². The number of nitrogens with one attached hydrogen (secondary N) is 1. The van der Waals surface area contributed by atoms with Crippen molar-refractivity contribution in [2.75, 3.05) is 0 Å². The van der Waals surface area contributed by atoms with Crippen LogP contribution in [0.2, 0.25) is 0 Å². The van der Waals surface area contributed by atoms with Gasteiger partial charge < -0.3 is 15.2 Å². The predicted octanol–water partition coefficient (Wildman–Crippen LogP) is 3.53. The highest BCUT2D eigenvalue weighted by atomic mass is 32.1. The van der Waals surface area contributed by atoms with Gasteiger partial charge in [-0.2, -0.15) is 0 Å². The molecule has 23 heavy (non-hydrogen) atoms. The zero-order valence-electron chi connectivity index (χ0n) is 13.1. The molecular weight excluding hydrogens is 316 g/mol. The van der Waals surface area contributed by atoms with Crippen LogP contribution in [0.3, 0.4) is 0 Å². The topological polar surface area (TPSA) is 88.5 Å². The SMILES string of the molecule is CC(C)(C)OC(=O)NCc1ccc(-c2nc(C(=O)O)cs2)cc1. The first-order valence-corrected chi connectivity index (χ1v) is 7.87. The first kappa shape index (κ1) is 17.0. The quantitative estimate of drug-likeness (QED) is 0.893. The van der Waals surface area contributed by atoms with Crippen molar-refractivity contribution in [3.8, 4) is 10.6 Å². The molecule has 1 aromatic carbocycles. The van der Waals surface area contributed by atoms with Crippen LogP contribution in [0.1, 0.15) is 36.8 Å². The summed E-state index contributed by atoms with van der Waals surface area (Å²) in [4.78, 5) is 26.5. The van der Waals surface area contributed by atoms with Crippen molar-refractivity contribution >= 4 is 23.4 Å². The van der Waals surface area contributed by atoms with E-state index in [1.807, 2.05) is 24.3 Å². The number of aromatic carboxylic acids is 1. The average Bonchev–Trinajstić information content (AvgIpc) is 2.94. The fourth-order valence-corrected chi connectivity index (χ4v) is 2.56. The Hall–Kier alpha value is -2.41. The van der Waals surface area contributed by atoms with Gasteiger partial charge in [0.1, 0.15) is 10.6 Å². The molecule has 2 N–H and O–H groups in total. The Bertz CT molecular complexity index is 702. The van der Waals surface area contributed by atoms with Crippen LogP contribution in [-0.4, -0.2) is 27.8 Å². The lowest BCUT2D eigenvalue weighted by Gasteiger charge is -2.19. The van der Waals surface area contributed by atoms with Crippen LogP contribution in [0.4, 0.5) is 4.79 Å². The van der Waals surface area contributed by atoms with Crippen LogP contribution in [0.25, 0.3) is 10.6 Å². The van der Waals surface area contributed by atoms with Crippen molar-refractivity contribution in [1.82, 2.24) is 10.3 Å². The standard InChI is InChI=1S/C16H18N2O4S/c1-16(2,3)22-15(21)17-8-10-4-6-11(7-5-10)13-18-12(9-23-13)14(19)20/h4-7,9H,8H2,1-3H3,(H,17,21)(H,19,20). The number of carbonyl (C=O) groups excluding carboxylic acids is 1. The molecule has 122 valence electrons. The second-order valence-corrected chi connectivity index (χ2v) is 6.75. The Balaban J connectivity index is 1.96. The lowest BCUT2D eigenvalue weighted by atomic mass is 10.1. The predicted molar refractivity (Wildman–Crippen MR) is 87.6 cm³/mol. The molecule has 0 aliphatic rings. The molecule has 0 saturated heterocycles. The summed E-state index contributed by atoms with van der Waals surface area (Å²) in [7, 11) is 0. The molecule has 6 nitrogen and oxygen atoms in total. The summed E-state index contributed by atoms with van der Waals surface area (Å²) < 4.78 is 5.16. The molecule has 0 aliphatic heterocycles. The minimum atomic E-state index is -1.04. The van der Waals surface area contributed by atoms with Gasteiger partial charge in [0.15, 0.2) is 5.69 Å². The molecule has 0 atom stereocenters. The van der Waals surface area contributed by atoms with Crippen LogP contribution in [-0.2, 0) is 11.3 Å². The van der Waals surface area contributed by atoms with Crippen molar-refractivity contribution in [1.29, 1.82) is 0 Å². The van der Waals surface area contributed by atoms with Gasteiger partial charge in [0.05, 0.1) is 0 Å². The molecule has 0 unspecified atom stereocenters. The van der Waals surface area contributed by atoms with E-state index in [4.69, 9.17) is 9.84 Å². The van der Waals surface area contributed by atoms with E-state index in [9.17, 15) is 9.59 Å². The molecule has 0 radical (unpaired) electrons. The summed E-state index contributed by atoms with van der Waals surface area (Å²) in [5.41, 5.74) is 1.26. The number of carboxylic acid groups (broad SMARTS) is 1. The zero-order valence-corrected chi connectivity index (χ0v) is 13.9. The molecule has 2 aromatic rings. The van der Waals surface area contributed by atoms with Gasteiger partial charge in [-0.3, -0.25) is 0 Å². The maximum atomic E-state index is 11.6. The van der Waals surface area contributed by atoms with Gasteiger partial charge in [-0.1, -0.05) is 24.3 Å². The number of nitrogens with zero attached hydrogens (tertiary/aromatic N) is 1. The summed E-state index contributed by atoms with van der Waals surface area (Å²) >= 11 is 1.28. The minimum absolute atomic E-state index is 0.0423. The van der Waals surface area contributed by atoms with Gasteiger partial charge in [0, 0.05) is 17.5 Å². The number of thiazole rings is 1. The van der Waals surface area contributed by atoms with Crippen LogP contribution in [0.15, 0.2) is 29.6 Å². The second-order valence-electron chi connectivity index (χ2n) is 5.90. The third kappa shape index (κ3) is 5.07. The average molecular weight is 334 g/mol. The highest BCUT2D eigenvalue weighted by Crippen LogP contribution is 2.24. The van der Waals surface area contributed by atoms with Crippen molar-refractivity contribution in [3.05, 3.63) is 40.9 Å². The summed E-state index contributed by atoms with van der Waals surface area (Å²) in [6.07, 6.45) is -0.465. The van der Waals surface area contributed by atoms with Crippen molar-refractivity contribution < 1.29 is 19.4 Å². The van der Waals surface area contributed by atoms with Crippen molar-refractivity contribution in [2.24, 2.45) is 0 Å². The van der Waals surface area contributed by atoms with Gasteiger partial charge in [0.25, 0.3) is 0 Å². The van der Waals surface area contributed by atoms with Crippen molar-refractivity contribution in [2.45, 2.75) is 32.9 Å². The van der Waals surface area contributed by atoms with Gasteiger partial charge in [-0.05, 0) is 26.3 Å². The van der Waals surface area contributed by atoms with Crippen LogP contribution < -0.4 is 5.32 Å². The van der Waals surface area contributed by atoms with Crippen molar-refractivity contribution in [3.63, 3.8) is 0 Å². The van der Waals surface area contributed by atoms with Gasteiger partial charge in [-0.15, -0.1) is 11.3 Å². The van der Waals surface area contributed by atoms with E-state index in [1.54, 1.807) is 20.8 Å². The number of ether oxygens (including phenoxy) is 1. The van der Waals surface area contributed by atoms with E-state index in [1.165, 1.54) is 16.7 Å². The highest BCUT2D eigenvalue weighted by Gasteiger charge is 2.15. The number of benzene rings is 1. The Kier molecular flexibility index (Phi) is 5.00. The lowest BCUT2D eigenvalue weighted by molar-refractivity contribution is 0.0523. The molecule has 0 fully saturated rings. The Morgan fingerprint density at radius 3 is 2.43 bits per heavy atom. The first-order valence-electron chi connectivity index (χ1n) is 6.99. The number of aromatic nitrogens is 1. The number of hydrogen-bond donors (Lipinski definition) is 2. The maximum Gasteiger partial charge on any atom is 0.407 e. The monoisotopic (exact) mass is 334 g/mol. The van der Waals surface area contributed by atoms with Gasteiger partial charge in [-0.25, -0.2) is 14.6 Å². The summed E-state index contributed by atoms with van der Waals surface area (Å²) in [6.45, 7) is 5.77. The summed E-state index contributed by atoms with van der Waals surface area (Å²) in [5.74, 6) is -1.04. The summed E-state index contributed by atoms with van der Waals surface area (Å²) in [6, 6.07) is 7.40. The number of hydrogen-bond acceptors (Lipinski definition) is 5. The normalized spacial score (nSPS) is 11.1. The molecule has 7 heteroatoms. The van der Waals surface area contributed by atoms with E-state index in [2.05, 4.69) is 10.3 Å². The Morgan fingerprint density at radius 1 is 1.26 bits per heavy atom. The third-order valence-electron chi connectivity index (χ3n) is 2.76. The van der Waals surface area contributed by atoms with Gasteiger partial charge in [0.2, 0.25) is 0 Å². The molecule has 1 aromatic heterocycles. The number of rotatable bonds is 4. The van der Waals surface area contributed by atoms with E-state index in [-0.39, 0.29) is 5.69 Å². The molecule has 2 rings (SSSR count). The maximum absolute atomic E-state index is 11.6. The van der Waals surface area contributed by atoms with Crippen LogP contribution in [0, 0.1) is 0 Å². The van der Waals surface area contributed by atoms with E-state index < -0.39 is 17.7 Å². The second kappa shape index (κ2) is 6.78.